The summed E-state index contributed by atoms with van der Waals surface area (Å²) in [5.41, 5.74) is 7.43. The van der Waals surface area contributed by atoms with Crippen LogP contribution in [0.2, 0.25) is 0 Å². The molecule has 2 unspecified atom stereocenters. The molecule has 6 nitrogen and oxygen atoms in total. The van der Waals surface area contributed by atoms with E-state index in [-0.39, 0.29) is 24.6 Å². The van der Waals surface area contributed by atoms with E-state index in [0.717, 1.165) is 11.1 Å². The zero-order chi connectivity index (χ0) is 14.5. The van der Waals surface area contributed by atoms with E-state index < -0.39 is 0 Å². The summed E-state index contributed by atoms with van der Waals surface area (Å²) in [7, 11) is 0. The summed E-state index contributed by atoms with van der Waals surface area (Å²) in [6.45, 7) is 4.04. The number of nitrogens with zero attached hydrogens (tertiary/aromatic N) is 2. The molecule has 110 valence electrons. The molecule has 0 bridgehead atoms. The first-order valence-electron chi connectivity index (χ1n) is 6.68. The fourth-order valence-corrected chi connectivity index (χ4v) is 2.39. The molecule has 0 aliphatic carbocycles. The van der Waals surface area contributed by atoms with Gasteiger partial charge >= 0.3 is 0 Å². The van der Waals surface area contributed by atoms with Crippen molar-refractivity contribution in [3.63, 3.8) is 0 Å². The maximum absolute atomic E-state index is 9.22. The van der Waals surface area contributed by atoms with Gasteiger partial charge in [-0.25, -0.2) is 0 Å². The number of nitrogens with two attached hydrogens (primary N) is 1. The fraction of sp³-hybridized carbons (Fsp3) is 0.500. The van der Waals surface area contributed by atoms with Crippen LogP contribution in [-0.2, 0) is 11.3 Å². The number of oxime groups is 1. The van der Waals surface area contributed by atoms with Crippen LogP contribution in [0.15, 0.2) is 29.4 Å². The first-order chi connectivity index (χ1) is 9.65. The highest BCUT2D eigenvalue weighted by atomic mass is 16.5. The summed E-state index contributed by atoms with van der Waals surface area (Å²) < 4.78 is 5.53. The normalized spacial score (nSPS) is 24.8. The number of rotatable bonds is 4. The van der Waals surface area contributed by atoms with Crippen molar-refractivity contribution in [1.29, 1.82) is 0 Å². The minimum absolute atomic E-state index is 0.0190. The van der Waals surface area contributed by atoms with Gasteiger partial charge in [0.2, 0.25) is 0 Å². The highest BCUT2D eigenvalue weighted by Crippen LogP contribution is 2.18. The quantitative estimate of drug-likeness (QED) is 0.320. The van der Waals surface area contributed by atoms with Gasteiger partial charge < -0.3 is 20.8 Å². The van der Waals surface area contributed by atoms with Crippen molar-refractivity contribution in [2.75, 3.05) is 19.8 Å². The average Bonchev–Trinajstić information content (AvgIpc) is 2.49. The lowest BCUT2D eigenvalue weighted by Crippen LogP contribution is -2.49. The average molecular weight is 279 g/mol. The molecule has 1 aromatic rings. The lowest BCUT2D eigenvalue weighted by atomic mass is 10.0. The molecule has 4 N–H and O–H groups in total. The van der Waals surface area contributed by atoms with Gasteiger partial charge in [0, 0.05) is 24.7 Å². The number of ether oxygens (including phenoxy) is 1. The van der Waals surface area contributed by atoms with Gasteiger partial charge in [-0.2, -0.15) is 0 Å². The van der Waals surface area contributed by atoms with Crippen molar-refractivity contribution in [3.8, 4) is 0 Å². The summed E-state index contributed by atoms with van der Waals surface area (Å²) in [5.74, 6) is 0.111. The maximum atomic E-state index is 9.22. The molecule has 2 rings (SSSR count). The number of aliphatic hydroxyl groups is 1. The minimum atomic E-state index is -0.151. The van der Waals surface area contributed by atoms with Gasteiger partial charge in [-0.05, 0) is 12.5 Å². The van der Waals surface area contributed by atoms with Crippen LogP contribution in [-0.4, -0.2) is 53.0 Å². The van der Waals surface area contributed by atoms with Crippen molar-refractivity contribution >= 4 is 5.84 Å². The number of benzene rings is 1. The fourth-order valence-electron chi connectivity index (χ4n) is 2.39. The zero-order valence-electron chi connectivity index (χ0n) is 11.6. The van der Waals surface area contributed by atoms with E-state index in [4.69, 9.17) is 15.7 Å². The Kier molecular flexibility index (Phi) is 4.94. The van der Waals surface area contributed by atoms with E-state index in [1.807, 2.05) is 24.3 Å². The molecule has 0 aromatic heterocycles. The number of aliphatic hydroxyl groups excluding tert-OH is 1. The lowest BCUT2D eigenvalue weighted by molar-refractivity contribution is -0.0805. The van der Waals surface area contributed by atoms with E-state index in [2.05, 4.69) is 17.0 Å². The van der Waals surface area contributed by atoms with Crippen LogP contribution < -0.4 is 5.73 Å². The van der Waals surface area contributed by atoms with Gasteiger partial charge in [0.05, 0.1) is 19.3 Å². The van der Waals surface area contributed by atoms with Crippen LogP contribution in [0.4, 0.5) is 0 Å². The van der Waals surface area contributed by atoms with Crippen LogP contribution in [0.5, 0.6) is 0 Å². The molecule has 1 saturated heterocycles. The molecule has 0 radical (unpaired) electrons. The van der Waals surface area contributed by atoms with E-state index in [0.29, 0.717) is 19.7 Å². The summed E-state index contributed by atoms with van der Waals surface area (Å²) in [6, 6.07) is 7.84. The number of hydrogen-bond donors (Lipinski definition) is 3. The molecule has 1 aliphatic rings. The van der Waals surface area contributed by atoms with Crippen LogP contribution in [0, 0.1) is 0 Å². The van der Waals surface area contributed by atoms with E-state index in [9.17, 15) is 5.11 Å². The maximum Gasteiger partial charge on any atom is 0.170 e. The summed E-state index contributed by atoms with van der Waals surface area (Å²) in [4.78, 5) is 2.23. The zero-order valence-corrected chi connectivity index (χ0v) is 11.6. The molecule has 1 fully saturated rings. The lowest BCUT2D eigenvalue weighted by Gasteiger charge is -2.37. The molecule has 0 amide bonds. The Bertz CT molecular complexity index is 478. The molecule has 0 spiro atoms. The van der Waals surface area contributed by atoms with E-state index in [1.165, 1.54) is 0 Å². The SMILES string of the molecule is CC1COC(CO)CN1Cc1ccccc1/C(N)=N/O. The van der Waals surface area contributed by atoms with Crippen molar-refractivity contribution in [2.45, 2.75) is 25.6 Å². The van der Waals surface area contributed by atoms with Gasteiger partial charge in [0.15, 0.2) is 5.84 Å². The van der Waals surface area contributed by atoms with Gasteiger partial charge in [0.25, 0.3) is 0 Å². The third kappa shape index (κ3) is 3.27. The van der Waals surface area contributed by atoms with Gasteiger partial charge in [-0.15, -0.1) is 0 Å². The standard InChI is InChI=1S/C14H21N3O3/c1-10-9-20-12(8-18)7-17(10)6-11-4-2-3-5-13(11)14(15)16-19/h2-5,10,12,18-19H,6-9H2,1H3,(H2,15,16). The Morgan fingerprint density at radius 2 is 2.25 bits per heavy atom. The molecular formula is C14H21N3O3. The monoisotopic (exact) mass is 279 g/mol. The largest absolute Gasteiger partial charge is 0.409 e. The van der Waals surface area contributed by atoms with Crippen molar-refractivity contribution < 1.29 is 15.1 Å². The smallest absolute Gasteiger partial charge is 0.170 e. The van der Waals surface area contributed by atoms with Gasteiger partial charge in [-0.3, -0.25) is 4.90 Å². The second-order valence-electron chi connectivity index (χ2n) is 5.06. The molecule has 2 atom stereocenters. The summed E-state index contributed by atoms with van der Waals surface area (Å²) in [6.07, 6.45) is -0.151. The first kappa shape index (κ1) is 14.8. The second-order valence-corrected chi connectivity index (χ2v) is 5.06. The van der Waals surface area contributed by atoms with Crippen LogP contribution in [0.25, 0.3) is 0 Å². The van der Waals surface area contributed by atoms with E-state index in [1.54, 1.807) is 0 Å². The highest BCUT2D eigenvalue weighted by Gasteiger charge is 2.26. The Balaban J connectivity index is 2.16. The molecule has 6 heteroatoms. The summed E-state index contributed by atoms with van der Waals surface area (Å²) >= 11 is 0. The number of morpholine rings is 1. The Hall–Kier alpha value is -1.63. The van der Waals surface area contributed by atoms with E-state index >= 15 is 0 Å². The van der Waals surface area contributed by atoms with Crippen molar-refractivity contribution in [3.05, 3.63) is 35.4 Å². The third-order valence-electron chi connectivity index (χ3n) is 3.61. The molecule has 1 heterocycles. The number of amidine groups is 1. The topological polar surface area (TPSA) is 91.3 Å². The predicted molar refractivity (Wildman–Crippen MR) is 75.7 cm³/mol. The van der Waals surface area contributed by atoms with Crippen molar-refractivity contribution in [1.82, 2.24) is 4.90 Å². The van der Waals surface area contributed by atoms with Crippen LogP contribution >= 0.6 is 0 Å². The second kappa shape index (κ2) is 6.69. The first-order valence-corrected chi connectivity index (χ1v) is 6.68. The van der Waals surface area contributed by atoms with Crippen LogP contribution in [0.3, 0.4) is 0 Å². The molecular weight excluding hydrogens is 258 g/mol. The Morgan fingerprint density at radius 1 is 1.50 bits per heavy atom. The summed E-state index contributed by atoms with van der Waals surface area (Å²) in [5, 5.41) is 21.1. The molecule has 1 aromatic carbocycles. The Labute approximate surface area is 118 Å². The molecule has 1 aliphatic heterocycles. The van der Waals surface area contributed by atoms with Crippen LogP contribution in [0.1, 0.15) is 18.1 Å². The van der Waals surface area contributed by atoms with Gasteiger partial charge in [0.1, 0.15) is 0 Å². The number of hydrogen-bond acceptors (Lipinski definition) is 5. The molecule has 20 heavy (non-hydrogen) atoms. The van der Waals surface area contributed by atoms with Gasteiger partial charge in [-0.1, -0.05) is 29.4 Å². The minimum Gasteiger partial charge on any atom is -0.409 e. The third-order valence-corrected chi connectivity index (χ3v) is 3.61. The molecule has 0 saturated carbocycles. The van der Waals surface area contributed by atoms with Crippen molar-refractivity contribution in [2.24, 2.45) is 10.9 Å². The predicted octanol–water partition coefficient (Wildman–Crippen LogP) is 0.363. The Morgan fingerprint density at radius 3 is 2.95 bits per heavy atom. The highest BCUT2D eigenvalue weighted by molar-refractivity contribution is 5.98.